The van der Waals surface area contributed by atoms with Crippen molar-refractivity contribution >= 4 is 28.2 Å². The summed E-state index contributed by atoms with van der Waals surface area (Å²) in [4.78, 5) is 15.6. The summed E-state index contributed by atoms with van der Waals surface area (Å²) in [6.45, 7) is 2.07. The van der Waals surface area contributed by atoms with Crippen LogP contribution in [0.3, 0.4) is 0 Å². The summed E-state index contributed by atoms with van der Waals surface area (Å²) in [6, 6.07) is 13.3. The zero-order chi connectivity index (χ0) is 14.8. The van der Waals surface area contributed by atoms with Crippen molar-refractivity contribution in [3.05, 3.63) is 59.8 Å². The molecule has 21 heavy (non-hydrogen) atoms. The van der Waals surface area contributed by atoms with Crippen LogP contribution in [0.1, 0.15) is 22.8 Å². The van der Waals surface area contributed by atoms with Crippen molar-refractivity contribution in [2.24, 2.45) is 0 Å². The molecule has 2 aromatic carbocycles. The summed E-state index contributed by atoms with van der Waals surface area (Å²) < 4.78 is 0. The van der Waals surface area contributed by atoms with Crippen molar-refractivity contribution in [1.29, 1.82) is 0 Å². The lowest BCUT2D eigenvalue weighted by Gasteiger charge is -2.09. The van der Waals surface area contributed by atoms with Crippen LogP contribution in [0.5, 0.6) is 0 Å². The molecule has 1 aromatic heterocycles. The summed E-state index contributed by atoms with van der Waals surface area (Å²) in [5.41, 5.74) is 9.92. The van der Waals surface area contributed by atoms with Gasteiger partial charge < -0.3 is 16.0 Å². The number of anilines is 2. The molecule has 0 unspecified atom stereocenters. The van der Waals surface area contributed by atoms with Gasteiger partial charge in [0.25, 0.3) is 5.91 Å². The molecule has 0 saturated carbocycles. The minimum atomic E-state index is -0.132. The third-order valence-corrected chi connectivity index (χ3v) is 3.60. The maximum Gasteiger partial charge on any atom is 0.257 e. The minimum Gasteiger partial charge on any atom is -0.399 e. The summed E-state index contributed by atoms with van der Waals surface area (Å²) >= 11 is 0. The number of para-hydroxylation sites is 1. The molecule has 4 heteroatoms. The Hall–Kier alpha value is -2.75. The highest BCUT2D eigenvalue weighted by atomic mass is 16.1. The minimum absolute atomic E-state index is 0.132. The van der Waals surface area contributed by atoms with Crippen molar-refractivity contribution in [2.75, 3.05) is 11.1 Å². The molecule has 106 valence electrons. The molecule has 0 fully saturated rings. The third-order valence-electron chi connectivity index (χ3n) is 3.60. The number of amides is 1. The fraction of sp³-hybridized carbons (Fsp3) is 0.118. The number of H-pyrrole nitrogens is 1. The van der Waals surface area contributed by atoms with Gasteiger partial charge in [-0.1, -0.05) is 25.1 Å². The molecule has 0 aliphatic rings. The average molecular weight is 279 g/mol. The standard InChI is InChI=1S/C17H17N3O/c1-2-11-5-3-4-6-15(11)20-17(21)14-10-19-16-8-7-12(18)9-13(14)16/h3-10,19H,2,18H2,1H3,(H,20,21). The molecule has 0 radical (unpaired) electrons. The number of aryl methyl sites for hydroxylation is 1. The molecule has 0 atom stereocenters. The Balaban J connectivity index is 1.96. The van der Waals surface area contributed by atoms with Crippen LogP contribution in [-0.2, 0) is 6.42 Å². The van der Waals surface area contributed by atoms with E-state index in [-0.39, 0.29) is 5.91 Å². The van der Waals surface area contributed by atoms with Gasteiger partial charge in [0.2, 0.25) is 0 Å². The van der Waals surface area contributed by atoms with E-state index in [0.29, 0.717) is 11.3 Å². The second kappa shape index (κ2) is 5.32. The quantitative estimate of drug-likeness (QED) is 0.641. The van der Waals surface area contributed by atoms with Crippen molar-refractivity contribution in [2.45, 2.75) is 13.3 Å². The van der Waals surface area contributed by atoms with Crippen molar-refractivity contribution in [3.63, 3.8) is 0 Å². The number of aromatic nitrogens is 1. The number of carbonyl (C=O) groups excluding carboxylic acids is 1. The molecule has 1 amide bonds. The van der Waals surface area contributed by atoms with E-state index in [0.717, 1.165) is 28.6 Å². The monoisotopic (exact) mass is 279 g/mol. The highest BCUT2D eigenvalue weighted by Gasteiger charge is 2.13. The highest BCUT2D eigenvalue weighted by Crippen LogP contribution is 2.23. The molecule has 0 spiro atoms. The molecular weight excluding hydrogens is 262 g/mol. The van der Waals surface area contributed by atoms with Crippen LogP contribution in [0.2, 0.25) is 0 Å². The van der Waals surface area contributed by atoms with Gasteiger partial charge in [-0.05, 0) is 36.2 Å². The Morgan fingerprint density at radius 1 is 1.24 bits per heavy atom. The second-order valence-electron chi connectivity index (χ2n) is 4.97. The SMILES string of the molecule is CCc1ccccc1NC(=O)c1c[nH]c2ccc(N)cc12. The Labute approximate surface area is 123 Å². The topological polar surface area (TPSA) is 70.9 Å². The van der Waals surface area contributed by atoms with Crippen LogP contribution >= 0.6 is 0 Å². The highest BCUT2D eigenvalue weighted by molar-refractivity contribution is 6.13. The van der Waals surface area contributed by atoms with E-state index in [2.05, 4.69) is 17.2 Å². The van der Waals surface area contributed by atoms with E-state index in [1.54, 1.807) is 6.20 Å². The van der Waals surface area contributed by atoms with E-state index in [1.807, 2.05) is 42.5 Å². The lowest BCUT2D eigenvalue weighted by atomic mass is 10.1. The van der Waals surface area contributed by atoms with Crippen LogP contribution in [0, 0.1) is 0 Å². The first-order valence-electron chi connectivity index (χ1n) is 6.95. The van der Waals surface area contributed by atoms with E-state index < -0.39 is 0 Å². The molecular formula is C17H17N3O. The summed E-state index contributed by atoms with van der Waals surface area (Å²) in [7, 11) is 0. The molecule has 0 saturated heterocycles. The van der Waals surface area contributed by atoms with Gasteiger partial charge in [0.1, 0.15) is 0 Å². The molecule has 3 rings (SSSR count). The zero-order valence-electron chi connectivity index (χ0n) is 11.8. The number of nitrogens with one attached hydrogen (secondary N) is 2. The fourth-order valence-electron chi connectivity index (χ4n) is 2.47. The normalized spacial score (nSPS) is 10.7. The maximum atomic E-state index is 12.5. The number of rotatable bonds is 3. The van der Waals surface area contributed by atoms with Crippen LogP contribution in [0.15, 0.2) is 48.7 Å². The van der Waals surface area contributed by atoms with E-state index in [9.17, 15) is 4.79 Å². The number of carbonyl (C=O) groups is 1. The Bertz CT molecular complexity index is 805. The van der Waals surface area contributed by atoms with Crippen molar-refractivity contribution in [1.82, 2.24) is 4.98 Å². The molecule has 0 aliphatic heterocycles. The van der Waals surface area contributed by atoms with Crippen LogP contribution < -0.4 is 11.1 Å². The Morgan fingerprint density at radius 2 is 2.05 bits per heavy atom. The third kappa shape index (κ3) is 2.48. The van der Waals surface area contributed by atoms with Gasteiger partial charge in [0.15, 0.2) is 0 Å². The predicted molar refractivity (Wildman–Crippen MR) is 86.5 cm³/mol. The molecule has 3 aromatic rings. The van der Waals surface area contributed by atoms with Crippen molar-refractivity contribution in [3.8, 4) is 0 Å². The first-order chi connectivity index (χ1) is 10.2. The van der Waals surface area contributed by atoms with Gasteiger partial charge in [-0.15, -0.1) is 0 Å². The molecule has 4 nitrogen and oxygen atoms in total. The zero-order valence-corrected chi connectivity index (χ0v) is 11.8. The molecule has 0 aliphatic carbocycles. The van der Waals surface area contributed by atoms with Gasteiger partial charge in [-0.2, -0.15) is 0 Å². The Morgan fingerprint density at radius 3 is 2.86 bits per heavy atom. The largest absolute Gasteiger partial charge is 0.399 e. The number of benzene rings is 2. The number of aromatic amines is 1. The second-order valence-corrected chi connectivity index (χ2v) is 4.97. The number of hydrogen-bond donors (Lipinski definition) is 3. The van der Waals surface area contributed by atoms with Crippen molar-refractivity contribution < 1.29 is 4.79 Å². The first kappa shape index (κ1) is 13.2. The van der Waals surface area contributed by atoms with Crippen LogP contribution in [-0.4, -0.2) is 10.9 Å². The maximum absolute atomic E-state index is 12.5. The summed E-state index contributed by atoms with van der Waals surface area (Å²) in [6.07, 6.45) is 2.59. The van der Waals surface area contributed by atoms with E-state index in [4.69, 9.17) is 5.73 Å². The van der Waals surface area contributed by atoms with E-state index >= 15 is 0 Å². The molecule has 4 N–H and O–H groups in total. The first-order valence-corrected chi connectivity index (χ1v) is 6.95. The molecule has 0 bridgehead atoms. The number of hydrogen-bond acceptors (Lipinski definition) is 2. The summed E-state index contributed by atoms with van der Waals surface area (Å²) in [5.74, 6) is -0.132. The Kier molecular flexibility index (Phi) is 3.36. The predicted octanol–water partition coefficient (Wildman–Crippen LogP) is 3.56. The number of nitrogens with two attached hydrogens (primary N) is 1. The van der Waals surface area contributed by atoms with Gasteiger partial charge >= 0.3 is 0 Å². The van der Waals surface area contributed by atoms with Crippen LogP contribution in [0.25, 0.3) is 10.9 Å². The van der Waals surface area contributed by atoms with Gasteiger partial charge in [-0.25, -0.2) is 0 Å². The van der Waals surface area contributed by atoms with E-state index in [1.165, 1.54) is 0 Å². The number of fused-ring (bicyclic) bond motifs is 1. The van der Waals surface area contributed by atoms with Crippen LogP contribution in [0.4, 0.5) is 11.4 Å². The molecule has 1 heterocycles. The summed E-state index contributed by atoms with van der Waals surface area (Å²) in [5, 5.41) is 3.81. The lowest BCUT2D eigenvalue weighted by Crippen LogP contribution is -2.12. The average Bonchev–Trinajstić information content (AvgIpc) is 2.90. The lowest BCUT2D eigenvalue weighted by molar-refractivity contribution is 0.102. The smallest absolute Gasteiger partial charge is 0.257 e. The van der Waals surface area contributed by atoms with Gasteiger partial charge in [-0.3, -0.25) is 4.79 Å². The van der Waals surface area contributed by atoms with Gasteiger partial charge in [0.05, 0.1) is 5.56 Å². The number of nitrogen functional groups attached to an aromatic ring is 1. The fourth-order valence-corrected chi connectivity index (χ4v) is 2.47. The van der Waals surface area contributed by atoms with Gasteiger partial charge in [0, 0.05) is 28.5 Å².